The number of hydrogen-bond acceptors (Lipinski definition) is 4. The zero-order valence-electron chi connectivity index (χ0n) is 11.4. The average molecular weight is 295 g/mol. The highest BCUT2D eigenvalue weighted by atomic mass is 32.2. The summed E-state index contributed by atoms with van der Waals surface area (Å²) in [6, 6.07) is 6.97. The first kappa shape index (κ1) is 14.7. The summed E-state index contributed by atoms with van der Waals surface area (Å²) in [6.45, 7) is 3.76. The van der Waals surface area contributed by atoms with Gasteiger partial charge in [0.05, 0.1) is 5.69 Å². The van der Waals surface area contributed by atoms with E-state index in [-0.39, 0.29) is 0 Å². The molecule has 0 unspecified atom stereocenters. The van der Waals surface area contributed by atoms with Crippen LogP contribution in [-0.4, -0.2) is 22.8 Å². The van der Waals surface area contributed by atoms with Gasteiger partial charge < -0.3 is 5.32 Å². The summed E-state index contributed by atoms with van der Waals surface area (Å²) in [5, 5.41) is 3.03. The van der Waals surface area contributed by atoms with Gasteiger partial charge in [0.15, 0.2) is 0 Å². The Morgan fingerprint density at radius 3 is 2.30 bits per heavy atom. The largest absolute Gasteiger partial charge is 0.373 e. The summed E-state index contributed by atoms with van der Waals surface area (Å²) in [7, 11) is 1.81. The van der Waals surface area contributed by atoms with Crippen LogP contribution in [0.25, 0.3) is 11.3 Å². The molecule has 0 bridgehead atoms. The minimum absolute atomic E-state index is 0.539. The molecule has 0 aliphatic heterocycles. The zero-order chi connectivity index (χ0) is 14.7. The van der Waals surface area contributed by atoms with E-state index in [9.17, 15) is 8.78 Å². The van der Waals surface area contributed by atoms with E-state index in [2.05, 4.69) is 15.3 Å². The first-order valence-electron chi connectivity index (χ1n) is 6.09. The summed E-state index contributed by atoms with van der Waals surface area (Å²) in [6.07, 6.45) is 0. The van der Waals surface area contributed by atoms with Crippen LogP contribution in [0.5, 0.6) is 0 Å². The molecule has 0 saturated heterocycles. The molecule has 0 atom stereocenters. The molecule has 0 spiro atoms. The number of aryl methyl sites for hydroxylation is 1. The number of anilines is 1. The van der Waals surface area contributed by atoms with Crippen LogP contribution in [0.4, 0.5) is 14.6 Å². The van der Waals surface area contributed by atoms with Gasteiger partial charge in [-0.2, -0.15) is 8.78 Å². The summed E-state index contributed by atoms with van der Waals surface area (Å²) >= 11 is 0.539. The minimum atomic E-state index is -2.40. The van der Waals surface area contributed by atoms with Crippen molar-refractivity contribution in [1.29, 1.82) is 0 Å². The number of aromatic nitrogens is 2. The lowest BCUT2D eigenvalue weighted by Gasteiger charge is -2.11. The molecule has 2 rings (SSSR count). The van der Waals surface area contributed by atoms with Crippen molar-refractivity contribution < 1.29 is 8.78 Å². The fourth-order valence-corrected chi connectivity index (χ4v) is 2.45. The van der Waals surface area contributed by atoms with Gasteiger partial charge in [-0.05, 0) is 26.0 Å². The summed E-state index contributed by atoms with van der Waals surface area (Å²) < 4.78 is 24.6. The van der Waals surface area contributed by atoms with Gasteiger partial charge in [-0.3, -0.25) is 0 Å². The van der Waals surface area contributed by atoms with Crippen LogP contribution in [-0.2, 0) is 0 Å². The molecular weight excluding hydrogens is 280 g/mol. The number of nitrogens with zero attached hydrogens (tertiary/aromatic N) is 2. The number of benzene rings is 1. The van der Waals surface area contributed by atoms with Crippen LogP contribution in [0.1, 0.15) is 11.4 Å². The molecule has 1 heterocycles. The first-order valence-corrected chi connectivity index (χ1v) is 6.97. The lowest BCUT2D eigenvalue weighted by molar-refractivity contribution is 0.252. The average Bonchev–Trinajstić information content (AvgIpc) is 2.41. The zero-order valence-corrected chi connectivity index (χ0v) is 12.3. The highest BCUT2D eigenvalue weighted by Crippen LogP contribution is 2.30. The fraction of sp³-hybridized carbons (Fsp3) is 0.286. The van der Waals surface area contributed by atoms with E-state index >= 15 is 0 Å². The molecule has 6 heteroatoms. The molecule has 3 nitrogen and oxygen atoms in total. The number of alkyl halides is 2. The summed E-state index contributed by atoms with van der Waals surface area (Å²) in [5.41, 5.74) is 2.64. The molecule has 20 heavy (non-hydrogen) atoms. The molecule has 1 aromatic heterocycles. The van der Waals surface area contributed by atoms with E-state index in [1.54, 1.807) is 31.3 Å². The Bertz CT molecular complexity index is 600. The van der Waals surface area contributed by atoms with Crippen molar-refractivity contribution in [1.82, 2.24) is 9.97 Å². The Morgan fingerprint density at radius 2 is 1.75 bits per heavy atom. The molecule has 0 saturated carbocycles. The second kappa shape index (κ2) is 6.17. The predicted octanol–water partition coefficient (Wildman–Crippen LogP) is 4.12. The van der Waals surface area contributed by atoms with Crippen LogP contribution < -0.4 is 5.32 Å². The molecule has 106 valence electrons. The molecule has 0 fully saturated rings. The van der Waals surface area contributed by atoms with Crippen LogP contribution in [0.2, 0.25) is 0 Å². The van der Waals surface area contributed by atoms with Crippen molar-refractivity contribution in [3.05, 3.63) is 35.7 Å². The van der Waals surface area contributed by atoms with Gasteiger partial charge in [-0.1, -0.05) is 23.9 Å². The van der Waals surface area contributed by atoms with Crippen molar-refractivity contribution in [3.8, 4) is 11.3 Å². The van der Waals surface area contributed by atoms with E-state index in [4.69, 9.17) is 0 Å². The standard InChI is InChI=1S/C14H15F2N3S/c1-8-12(18-9(2)19-13(8)17-3)10-4-6-11(7-5-10)20-14(15)16/h4-7,14H,1-3H3,(H,17,18,19). The number of rotatable bonds is 4. The van der Waals surface area contributed by atoms with E-state index in [1.165, 1.54) is 0 Å². The Morgan fingerprint density at radius 1 is 1.10 bits per heavy atom. The van der Waals surface area contributed by atoms with Gasteiger partial charge in [0.1, 0.15) is 11.6 Å². The summed E-state index contributed by atoms with van der Waals surface area (Å²) in [4.78, 5) is 9.29. The monoisotopic (exact) mass is 295 g/mol. The topological polar surface area (TPSA) is 37.8 Å². The van der Waals surface area contributed by atoms with Crippen LogP contribution >= 0.6 is 11.8 Å². The SMILES string of the molecule is CNc1nc(C)nc(-c2ccc(SC(F)F)cc2)c1C. The van der Waals surface area contributed by atoms with E-state index in [1.807, 2.05) is 13.8 Å². The molecule has 1 aromatic carbocycles. The maximum Gasteiger partial charge on any atom is 0.288 e. The van der Waals surface area contributed by atoms with Crippen molar-refractivity contribution in [2.45, 2.75) is 24.5 Å². The minimum Gasteiger partial charge on any atom is -0.373 e. The van der Waals surface area contributed by atoms with Crippen LogP contribution in [0, 0.1) is 13.8 Å². The quantitative estimate of drug-likeness (QED) is 0.861. The Labute approximate surface area is 120 Å². The molecule has 0 aliphatic rings. The van der Waals surface area contributed by atoms with Crippen LogP contribution in [0.15, 0.2) is 29.2 Å². The molecule has 1 N–H and O–H groups in total. The van der Waals surface area contributed by atoms with Crippen molar-refractivity contribution in [2.75, 3.05) is 12.4 Å². The van der Waals surface area contributed by atoms with Gasteiger partial charge in [0.25, 0.3) is 5.76 Å². The third kappa shape index (κ3) is 3.25. The Balaban J connectivity index is 2.39. The van der Waals surface area contributed by atoms with Gasteiger partial charge in [0.2, 0.25) is 0 Å². The fourth-order valence-electron chi connectivity index (χ4n) is 1.95. The first-order chi connectivity index (χ1) is 9.51. The second-order valence-electron chi connectivity index (χ2n) is 4.25. The predicted molar refractivity (Wildman–Crippen MR) is 78.3 cm³/mol. The van der Waals surface area contributed by atoms with Gasteiger partial charge in [-0.15, -0.1) is 0 Å². The number of halogens is 2. The van der Waals surface area contributed by atoms with Gasteiger partial charge >= 0.3 is 0 Å². The van der Waals surface area contributed by atoms with Crippen molar-refractivity contribution in [2.24, 2.45) is 0 Å². The highest BCUT2D eigenvalue weighted by Gasteiger charge is 2.11. The smallest absolute Gasteiger partial charge is 0.288 e. The van der Waals surface area contributed by atoms with Gasteiger partial charge in [-0.25, -0.2) is 9.97 Å². The lowest BCUT2D eigenvalue weighted by Crippen LogP contribution is -2.02. The maximum atomic E-state index is 12.3. The third-order valence-corrected chi connectivity index (χ3v) is 3.57. The molecular formula is C14H15F2N3S. The number of thioether (sulfide) groups is 1. The summed E-state index contributed by atoms with van der Waals surface area (Å²) in [5.74, 6) is -0.959. The molecule has 0 amide bonds. The Kier molecular flexibility index (Phi) is 4.54. The Hall–Kier alpha value is -1.69. The molecule has 0 radical (unpaired) electrons. The number of nitrogens with one attached hydrogen (secondary N) is 1. The van der Waals surface area contributed by atoms with Crippen LogP contribution in [0.3, 0.4) is 0 Å². The maximum absolute atomic E-state index is 12.3. The van der Waals surface area contributed by atoms with E-state index < -0.39 is 5.76 Å². The number of hydrogen-bond donors (Lipinski definition) is 1. The third-order valence-electron chi connectivity index (χ3n) is 2.85. The van der Waals surface area contributed by atoms with E-state index in [0.717, 1.165) is 22.6 Å². The second-order valence-corrected chi connectivity index (χ2v) is 5.31. The molecule has 2 aromatic rings. The highest BCUT2D eigenvalue weighted by molar-refractivity contribution is 7.99. The van der Waals surface area contributed by atoms with Gasteiger partial charge in [0, 0.05) is 23.1 Å². The molecule has 0 aliphatic carbocycles. The lowest BCUT2D eigenvalue weighted by atomic mass is 10.1. The van der Waals surface area contributed by atoms with Crippen molar-refractivity contribution >= 4 is 17.6 Å². The normalized spacial score (nSPS) is 10.9. The van der Waals surface area contributed by atoms with Crippen molar-refractivity contribution in [3.63, 3.8) is 0 Å². The van der Waals surface area contributed by atoms with E-state index in [0.29, 0.717) is 22.5 Å².